The van der Waals surface area contributed by atoms with E-state index in [2.05, 4.69) is 10.1 Å². The van der Waals surface area contributed by atoms with E-state index in [1.807, 2.05) is 0 Å². The number of anilines is 1. The number of pyridine rings is 1. The van der Waals surface area contributed by atoms with E-state index in [0.717, 1.165) is 5.56 Å². The number of aromatic nitrogens is 1. The Hall–Kier alpha value is -4.25. The molecule has 9 nitrogen and oxygen atoms in total. The molecule has 0 bridgehead atoms. The fourth-order valence-electron chi connectivity index (χ4n) is 4.37. The predicted octanol–water partition coefficient (Wildman–Crippen LogP) is 3.03. The molecular weight excluding hydrogens is 500 g/mol. The third-order valence-corrected chi connectivity index (χ3v) is 6.31. The number of carbonyl (C=O) groups excluding carboxylic acids is 2. The molecule has 200 valence electrons. The fraction of sp³-hybridized carbons (Fsp3) is 0.296. The van der Waals surface area contributed by atoms with E-state index in [9.17, 15) is 23.2 Å². The van der Waals surface area contributed by atoms with Crippen molar-refractivity contribution in [3.8, 4) is 11.5 Å². The van der Waals surface area contributed by atoms with Crippen LogP contribution in [0, 0.1) is 0 Å². The Morgan fingerprint density at radius 3 is 2.34 bits per heavy atom. The second kappa shape index (κ2) is 11.9. The van der Waals surface area contributed by atoms with Crippen LogP contribution in [0.3, 0.4) is 0 Å². The van der Waals surface area contributed by atoms with Gasteiger partial charge < -0.3 is 29.0 Å². The number of hydrogen-bond acceptors (Lipinski definition) is 6. The average molecular weight is 528 g/mol. The summed E-state index contributed by atoms with van der Waals surface area (Å²) in [7, 11) is 3.07. The molecule has 2 heterocycles. The van der Waals surface area contributed by atoms with Gasteiger partial charge in [-0.25, -0.2) is 0 Å². The number of halogens is 2. The quantitative estimate of drug-likeness (QED) is 0.435. The van der Waals surface area contributed by atoms with Gasteiger partial charge in [-0.2, -0.15) is 8.78 Å². The lowest BCUT2D eigenvalue weighted by atomic mass is 9.93. The molecule has 1 aliphatic rings. The van der Waals surface area contributed by atoms with E-state index in [4.69, 9.17) is 9.47 Å². The first-order valence-electron chi connectivity index (χ1n) is 11.8. The van der Waals surface area contributed by atoms with E-state index < -0.39 is 30.4 Å². The highest BCUT2D eigenvalue weighted by Crippen LogP contribution is 2.32. The summed E-state index contributed by atoms with van der Waals surface area (Å²) in [4.78, 5) is 41.2. The van der Waals surface area contributed by atoms with Gasteiger partial charge in [0, 0.05) is 37.9 Å². The molecule has 1 unspecified atom stereocenters. The molecule has 1 aromatic heterocycles. The van der Waals surface area contributed by atoms with E-state index in [-0.39, 0.29) is 29.1 Å². The van der Waals surface area contributed by atoms with Crippen LogP contribution in [0.5, 0.6) is 11.5 Å². The van der Waals surface area contributed by atoms with Gasteiger partial charge in [0.2, 0.25) is 5.91 Å². The minimum absolute atomic E-state index is 0.0930. The number of benzene rings is 2. The second-order valence-electron chi connectivity index (χ2n) is 8.57. The molecule has 0 radical (unpaired) electrons. The van der Waals surface area contributed by atoms with Gasteiger partial charge in [0.1, 0.15) is 23.2 Å². The number of amides is 2. The molecule has 1 saturated heterocycles. The molecule has 2 amide bonds. The minimum Gasteiger partial charge on any atom is -0.497 e. The first kappa shape index (κ1) is 26.8. The van der Waals surface area contributed by atoms with E-state index in [1.165, 1.54) is 40.8 Å². The Balaban J connectivity index is 1.64. The third kappa shape index (κ3) is 5.83. The fourth-order valence-corrected chi connectivity index (χ4v) is 4.37. The van der Waals surface area contributed by atoms with Gasteiger partial charge in [-0.15, -0.1) is 0 Å². The number of carbonyl (C=O) groups is 2. The van der Waals surface area contributed by atoms with Crippen molar-refractivity contribution in [1.29, 1.82) is 0 Å². The van der Waals surface area contributed by atoms with Crippen molar-refractivity contribution in [1.82, 2.24) is 9.88 Å². The molecule has 0 aliphatic carbocycles. The topological polar surface area (TPSA) is 99.1 Å². The zero-order valence-corrected chi connectivity index (χ0v) is 20.8. The molecule has 38 heavy (non-hydrogen) atoms. The van der Waals surface area contributed by atoms with Crippen molar-refractivity contribution in [2.45, 2.75) is 25.1 Å². The molecule has 3 aromatic rings. The van der Waals surface area contributed by atoms with Crippen LogP contribution >= 0.6 is 0 Å². The third-order valence-electron chi connectivity index (χ3n) is 6.31. The Labute approximate surface area is 217 Å². The van der Waals surface area contributed by atoms with Crippen LogP contribution in [-0.4, -0.2) is 56.4 Å². The van der Waals surface area contributed by atoms with Crippen LogP contribution in [0.1, 0.15) is 21.8 Å². The van der Waals surface area contributed by atoms with Gasteiger partial charge in [0.25, 0.3) is 11.5 Å². The largest absolute Gasteiger partial charge is 0.497 e. The van der Waals surface area contributed by atoms with Gasteiger partial charge >= 0.3 is 6.61 Å². The van der Waals surface area contributed by atoms with Crippen molar-refractivity contribution in [2.75, 3.05) is 32.3 Å². The number of rotatable bonds is 10. The number of alkyl halides is 2. The van der Waals surface area contributed by atoms with Gasteiger partial charge in [-0.3, -0.25) is 14.4 Å². The number of ether oxygens (including phenoxy) is 3. The van der Waals surface area contributed by atoms with Crippen molar-refractivity contribution in [3.05, 3.63) is 88.3 Å². The number of nitrogens with zero attached hydrogens (tertiary/aromatic N) is 2. The normalized spacial score (nSPS) is 17.1. The van der Waals surface area contributed by atoms with Crippen molar-refractivity contribution in [2.24, 2.45) is 0 Å². The lowest BCUT2D eigenvalue weighted by molar-refractivity contribution is -0.118. The highest BCUT2D eigenvalue weighted by molar-refractivity contribution is 6.05. The van der Waals surface area contributed by atoms with E-state index >= 15 is 0 Å². The van der Waals surface area contributed by atoms with Crippen LogP contribution in [0.15, 0.2) is 71.7 Å². The van der Waals surface area contributed by atoms with Crippen LogP contribution in [0.2, 0.25) is 0 Å². The van der Waals surface area contributed by atoms with Crippen LogP contribution in [0.25, 0.3) is 0 Å². The first-order chi connectivity index (χ1) is 18.3. The minimum atomic E-state index is -2.99. The van der Waals surface area contributed by atoms with E-state index in [0.29, 0.717) is 18.9 Å². The Bertz CT molecular complexity index is 1330. The first-order valence-corrected chi connectivity index (χ1v) is 11.8. The lowest BCUT2D eigenvalue weighted by Crippen LogP contribution is -2.44. The van der Waals surface area contributed by atoms with E-state index in [1.54, 1.807) is 49.7 Å². The maximum atomic E-state index is 13.6. The van der Waals surface area contributed by atoms with Gasteiger partial charge in [-0.1, -0.05) is 12.1 Å². The summed E-state index contributed by atoms with van der Waals surface area (Å²) in [5, 5.41) is 2.77. The summed E-state index contributed by atoms with van der Waals surface area (Å²) in [6, 6.07) is 14.5. The molecule has 11 heteroatoms. The highest BCUT2D eigenvalue weighted by atomic mass is 19.3. The highest BCUT2D eigenvalue weighted by Gasteiger charge is 2.43. The zero-order valence-electron chi connectivity index (χ0n) is 20.8. The lowest BCUT2D eigenvalue weighted by Gasteiger charge is -2.19. The van der Waals surface area contributed by atoms with Gasteiger partial charge in [0.05, 0.1) is 13.7 Å². The maximum Gasteiger partial charge on any atom is 0.387 e. The smallest absolute Gasteiger partial charge is 0.387 e. The molecule has 1 N–H and O–H groups in total. The van der Waals surface area contributed by atoms with Gasteiger partial charge in [-0.05, 0) is 54.1 Å². The second-order valence-corrected chi connectivity index (χ2v) is 8.57. The van der Waals surface area contributed by atoms with Crippen molar-refractivity contribution >= 4 is 17.5 Å². The molecule has 2 aromatic carbocycles. The summed E-state index contributed by atoms with van der Waals surface area (Å²) in [6.45, 7) is -2.19. The standard InChI is InChI=1S/C27H27F2N3O6/c1-36-15-14-31-13-3-4-22(25(31)34)32-16-21(17-5-9-19(37-2)10-6-17)23(26(32)35)30-24(33)18-7-11-20(12-8-18)38-27(28)29/h3-13,21,23,27H,14-16H2,1-2H3,(H,30,33)/t21-,23?/m0/s1. The van der Waals surface area contributed by atoms with Crippen LogP contribution in [0.4, 0.5) is 14.5 Å². The molecule has 1 fully saturated rings. The zero-order chi connectivity index (χ0) is 27.2. The van der Waals surface area contributed by atoms with Gasteiger partial charge in [0.15, 0.2) is 0 Å². The summed E-state index contributed by atoms with van der Waals surface area (Å²) in [5.41, 5.74) is 0.765. The molecule has 4 rings (SSSR count). The summed E-state index contributed by atoms with van der Waals surface area (Å²) < 4.78 is 41.0. The Kier molecular flexibility index (Phi) is 8.37. The SMILES string of the molecule is COCCn1cccc(N2C[C@@H](c3ccc(OC)cc3)C(NC(=O)c3ccc(OC(F)F)cc3)C2=O)c1=O. The Morgan fingerprint density at radius 2 is 1.71 bits per heavy atom. The summed E-state index contributed by atoms with van der Waals surface area (Å²) >= 11 is 0. The summed E-state index contributed by atoms with van der Waals surface area (Å²) in [5.74, 6) is -0.961. The van der Waals surface area contributed by atoms with Crippen LogP contribution < -0.4 is 25.2 Å². The van der Waals surface area contributed by atoms with Crippen molar-refractivity contribution < 1.29 is 32.6 Å². The number of nitrogens with one attached hydrogen (secondary N) is 1. The molecule has 2 atom stereocenters. The van der Waals surface area contributed by atoms with Crippen LogP contribution in [-0.2, 0) is 16.1 Å². The summed E-state index contributed by atoms with van der Waals surface area (Å²) in [6.07, 6.45) is 1.62. The number of methoxy groups -OCH3 is 2. The Morgan fingerprint density at radius 1 is 1.03 bits per heavy atom. The molecule has 1 aliphatic heterocycles. The molecular formula is C27H27F2N3O6. The molecule has 0 saturated carbocycles. The van der Waals surface area contributed by atoms with Crippen molar-refractivity contribution in [3.63, 3.8) is 0 Å². The maximum absolute atomic E-state index is 13.6. The predicted molar refractivity (Wildman–Crippen MR) is 135 cm³/mol. The number of hydrogen-bond donors (Lipinski definition) is 1. The molecule has 0 spiro atoms. The monoisotopic (exact) mass is 527 g/mol. The average Bonchev–Trinajstić information content (AvgIpc) is 3.23.